The van der Waals surface area contributed by atoms with Gasteiger partial charge in [0, 0.05) is 17.5 Å². The molecule has 2 heterocycles. The minimum Gasteiger partial charge on any atom is -0.493 e. The summed E-state index contributed by atoms with van der Waals surface area (Å²) in [5.41, 5.74) is 0.692. The van der Waals surface area contributed by atoms with E-state index in [-0.39, 0.29) is 12.3 Å². The third-order valence-electron chi connectivity index (χ3n) is 4.76. The molecule has 1 aromatic rings. The molecule has 0 fully saturated rings. The van der Waals surface area contributed by atoms with Crippen LogP contribution in [0.5, 0.6) is 11.5 Å². The van der Waals surface area contributed by atoms with Gasteiger partial charge in [0.1, 0.15) is 0 Å². The highest BCUT2D eigenvalue weighted by atomic mass is 16.5. The Balaban J connectivity index is 2.22. The third-order valence-corrected chi connectivity index (χ3v) is 4.76. The zero-order valence-electron chi connectivity index (χ0n) is 14.5. The topological polar surface area (TPSA) is 59.0 Å². The minimum absolute atomic E-state index is 0.185. The van der Waals surface area contributed by atoms with Crippen LogP contribution in [0.2, 0.25) is 0 Å². The van der Waals surface area contributed by atoms with Crippen molar-refractivity contribution in [3.05, 3.63) is 42.0 Å². The van der Waals surface area contributed by atoms with E-state index < -0.39 is 11.1 Å². The maximum absolute atomic E-state index is 12.9. The molecule has 24 heavy (non-hydrogen) atoms. The highest BCUT2D eigenvalue weighted by Gasteiger charge is 2.52. The lowest BCUT2D eigenvalue weighted by atomic mass is 9.84. The van der Waals surface area contributed by atoms with Crippen LogP contribution in [0.4, 0.5) is 0 Å². The van der Waals surface area contributed by atoms with Crippen LogP contribution in [0.1, 0.15) is 31.4 Å². The predicted octanol–water partition coefficient (Wildman–Crippen LogP) is 2.53. The molecule has 0 radical (unpaired) electrons. The van der Waals surface area contributed by atoms with Crippen molar-refractivity contribution >= 4 is 11.6 Å². The Hall–Kier alpha value is -2.27. The molecule has 0 aromatic heterocycles. The molecule has 0 saturated heterocycles. The van der Waals surface area contributed by atoms with Gasteiger partial charge in [-0.15, -0.1) is 6.58 Å². The van der Waals surface area contributed by atoms with Crippen molar-refractivity contribution in [2.75, 3.05) is 14.2 Å². The lowest BCUT2D eigenvalue weighted by Gasteiger charge is -2.43. The molecule has 2 aliphatic rings. The fraction of sp³-hybridized carbons (Fsp3) is 0.421. The number of amides is 1. The molecular formula is C19H23NO4. The van der Waals surface area contributed by atoms with Gasteiger partial charge in [-0.2, -0.15) is 0 Å². The maximum Gasteiger partial charge on any atom is 0.263 e. The number of nitrogens with zero attached hydrogens (tertiary/aromatic N) is 1. The second-order valence-corrected chi connectivity index (χ2v) is 6.94. The molecule has 1 N–H and O–H groups in total. The zero-order valence-corrected chi connectivity index (χ0v) is 14.5. The van der Waals surface area contributed by atoms with E-state index >= 15 is 0 Å². The van der Waals surface area contributed by atoms with E-state index in [4.69, 9.17) is 9.47 Å². The Morgan fingerprint density at radius 2 is 1.92 bits per heavy atom. The SMILES string of the molecule is C=CCC1(O)C=C2c3cc(OC)c(OC)cc3CC(C)(C)N2C1=O. The number of carbonyl (C=O) groups is 1. The summed E-state index contributed by atoms with van der Waals surface area (Å²) in [4.78, 5) is 14.6. The van der Waals surface area contributed by atoms with Gasteiger partial charge in [-0.3, -0.25) is 4.79 Å². The Labute approximate surface area is 142 Å². The fourth-order valence-corrected chi connectivity index (χ4v) is 3.67. The van der Waals surface area contributed by atoms with Gasteiger partial charge in [0.2, 0.25) is 0 Å². The van der Waals surface area contributed by atoms with Crippen LogP contribution < -0.4 is 9.47 Å². The number of fused-ring (bicyclic) bond motifs is 3. The van der Waals surface area contributed by atoms with Crippen LogP contribution >= 0.6 is 0 Å². The van der Waals surface area contributed by atoms with Crippen LogP contribution in [0, 0.1) is 0 Å². The molecule has 128 valence electrons. The maximum atomic E-state index is 12.9. The summed E-state index contributed by atoms with van der Waals surface area (Å²) in [6.45, 7) is 7.65. The van der Waals surface area contributed by atoms with E-state index in [1.807, 2.05) is 26.0 Å². The molecule has 1 aromatic carbocycles. The van der Waals surface area contributed by atoms with E-state index in [1.54, 1.807) is 31.3 Å². The van der Waals surface area contributed by atoms with Crippen LogP contribution in [0.3, 0.4) is 0 Å². The van der Waals surface area contributed by atoms with E-state index in [2.05, 4.69) is 6.58 Å². The second-order valence-electron chi connectivity index (χ2n) is 6.94. The average molecular weight is 329 g/mol. The summed E-state index contributed by atoms with van der Waals surface area (Å²) >= 11 is 0. The fourth-order valence-electron chi connectivity index (χ4n) is 3.67. The van der Waals surface area contributed by atoms with E-state index in [1.165, 1.54) is 0 Å². The number of aliphatic hydroxyl groups is 1. The van der Waals surface area contributed by atoms with Gasteiger partial charge in [-0.1, -0.05) is 6.08 Å². The summed E-state index contributed by atoms with van der Waals surface area (Å²) in [6.07, 6.45) is 4.05. The average Bonchev–Trinajstić information content (AvgIpc) is 2.79. The molecule has 0 aliphatic carbocycles. The first-order valence-corrected chi connectivity index (χ1v) is 7.93. The van der Waals surface area contributed by atoms with Crippen molar-refractivity contribution < 1.29 is 19.4 Å². The molecule has 2 aliphatic heterocycles. The first-order valence-electron chi connectivity index (χ1n) is 7.93. The largest absolute Gasteiger partial charge is 0.493 e. The third kappa shape index (κ3) is 2.23. The molecule has 5 heteroatoms. The van der Waals surface area contributed by atoms with Gasteiger partial charge in [0.15, 0.2) is 17.1 Å². The quantitative estimate of drug-likeness (QED) is 0.863. The van der Waals surface area contributed by atoms with Gasteiger partial charge in [-0.25, -0.2) is 0 Å². The van der Waals surface area contributed by atoms with Crippen molar-refractivity contribution in [3.63, 3.8) is 0 Å². The minimum atomic E-state index is -1.54. The normalized spacial score (nSPS) is 24.1. The molecule has 3 rings (SSSR count). The second kappa shape index (κ2) is 5.38. The highest BCUT2D eigenvalue weighted by molar-refractivity contribution is 6.02. The van der Waals surface area contributed by atoms with Gasteiger partial charge >= 0.3 is 0 Å². The molecule has 1 unspecified atom stereocenters. The first-order chi connectivity index (χ1) is 11.3. The van der Waals surface area contributed by atoms with Gasteiger partial charge in [0.05, 0.1) is 19.9 Å². The lowest BCUT2D eigenvalue weighted by molar-refractivity contribution is -0.144. The summed E-state index contributed by atoms with van der Waals surface area (Å²) in [6, 6.07) is 3.82. The lowest BCUT2D eigenvalue weighted by Crippen LogP contribution is -2.53. The molecule has 1 atom stereocenters. The Bertz CT molecular complexity index is 750. The number of ether oxygens (including phenoxy) is 2. The van der Waals surface area contributed by atoms with Crippen molar-refractivity contribution in [1.82, 2.24) is 4.90 Å². The summed E-state index contributed by atoms with van der Waals surface area (Å²) in [5.74, 6) is 0.957. The number of methoxy groups -OCH3 is 2. The molecule has 0 spiro atoms. The van der Waals surface area contributed by atoms with Crippen molar-refractivity contribution in [1.29, 1.82) is 0 Å². The highest BCUT2D eigenvalue weighted by Crippen LogP contribution is 2.47. The number of carbonyl (C=O) groups excluding carboxylic acids is 1. The molecule has 5 nitrogen and oxygen atoms in total. The standard InChI is InChI=1S/C19H23NO4/c1-6-7-19(22)11-14-13-9-16(24-5)15(23-4)8-12(13)10-18(2,3)20(14)17(19)21/h6,8-9,11,22H,1,7,10H2,2-5H3. The van der Waals surface area contributed by atoms with Crippen molar-refractivity contribution in [2.24, 2.45) is 0 Å². The molecule has 1 amide bonds. The van der Waals surface area contributed by atoms with Crippen LogP contribution in [-0.2, 0) is 11.2 Å². The number of hydrogen-bond donors (Lipinski definition) is 1. The van der Waals surface area contributed by atoms with Crippen LogP contribution in [0.15, 0.2) is 30.9 Å². The molecular weight excluding hydrogens is 306 g/mol. The number of hydrogen-bond acceptors (Lipinski definition) is 4. The zero-order chi connectivity index (χ0) is 17.7. The molecule has 0 saturated carbocycles. The monoisotopic (exact) mass is 329 g/mol. The van der Waals surface area contributed by atoms with E-state index in [0.717, 1.165) is 16.8 Å². The first kappa shape index (κ1) is 16.6. The number of benzene rings is 1. The summed E-state index contributed by atoms with van der Waals surface area (Å²) in [7, 11) is 3.18. The van der Waals surface area contributed by atoms with Gasteiger partial charge in [0.25, 0.3) is 5.91 Å². The van der Waals surface area contributed by atoms with Crippen LogP contribution in [-0.4, -0.2) is 41.3 Å². The van der Waals surface area contributed by atoms with E-state index in [0.29, 0.717) is 17.9 Å². The van der Waals surface area contributed by atoms with Crippen molar-refractivity contribution in [3.8, 4) is 11.5 Å². The van der Waals surface area contributed by atoms with Gasteiger partial charge < -0.3 is 19.5 Å². The predicted molar refractivity (Wildman–Crippen MR) is 91.9 cm³/mol. The number of rotatable bonds is 4. The summed E-state index contributed by atoms with van der Waals surface area (Å²) < 4.78 is 10.8. The smallest absolute Gasteiger partial charge is 0.263 e. The Morgan fingerprint density at radius 3 is 2.50 bits per heavy atom. The Kier molecular flexibility index (Phi) is 3.72. The van der Waals surface area contributed by atoms with Crippen molar-refractivity contribution in [2.45, 2.75) is 37.8 Å². The Morgan fingerprint density at radius 1 is 1.29 bits per heavy atom. The van der Waals surface area contributed by atoms with Crippen LogP contribution in [0.25, 0.3) is 5.70 Å². The van der Waals surface area contributed by atoms with E-state index in [9.17, 15) is 9.90 Å². The summed E-state index contributed by atoms with van der Waals surface area (Å²) in [5, 5.41) is 10.8. The molecule has 0 bridgehead atoms. The van der Waals surface area contributed by atoms with Gasteiger partial charge in [-0.05, 0) is 44.0 Å².